The highest BCUT2D eigenvalue weighted by Gasteiger charge is 2.17. The molecule has 0 aromatic carbocycles. The van der Waals surface area contributed by atoms with Gasteiger partial charge in [0, 0.05) is 0 Å². The van der Waals surface area contributed by atoms with Gasteiger partial charge in [0.1, 0.15) is 0 Å². The number of nitrogens with two attached hydrogens (primary N) is 1. The quantitative estimate of drug-likeness (QED) is 0.357. The summed E-state index contributed by atoms with van der Waals surface area (Å²) in [6.45, 7) is 0. The van der Waals surface area contributed by atoms with Crippen LogP contribution in [0, 0.1) is 5.21 Å². The van der Waals surface area contributed by atoms with Crippen LogP contribution in [-0.2, 0) is 4.79 Å². The first-order chi connectivity index (χ1) is 4.72. The van der Waals surface area contributed by atoms with Crippen LogP contribution in [0.25, 0.3) is 0 Å². The highest BCUT2D eigenvalue weighted by atomic mass is 16.5. The molecule has 1 aliphatic rings. The second-order valence-corrected chi connectivity index (χ2v) is 1.84. The van der Waals surface area contributed by atoms with Crippen LogP contribution in [0.15, 0.2) is 12.3 Å². The zero-order chi connectivity index (χ0) is 7.56. The molecule has 5 heteroatoms. The van der Waals surface area contributed by atoms with E-state index >= 15 is 0 Å². The normalized spacial score (nSPS) is 16.8. The third kappa shape index (κ3) is 1.07. The Bertz CT molecular complexity index is 219. The fraction of sp³-hybridized carbons (Fsp3) is 0.200. The van der Waals surface area contributed by atoms with E-state index in [4.69, 9.17) is 5.73 Å². The fourth-order valence-electron chi connectivity index (χ4n) is 0.652. The van der Waals surface area contributed by atoms with E-state index in [1.54, 1.807) is 6.08 Å². The minimum absolute atomic E-state index is 0.0301. The summed E-state index contributed by atoms with van der Waals surface area (Å²) in [6.07, 6.45) is 3.40. The molecule has 0 bridgehead atoms. The van der Waals surface area contributed by atoms with E-state index < -0.39 is 5.91 Å². The average Bonchev–Trinajstić information content (AvgIpc) is 1.88. The van der Waals surface area contributed by atoms with Gasteiger partial charge in [-0.3, -0.25) is 4.79 Å². The molecule has 54 valence electrons. The summed E-state index contributed by atoms with van der Waals surface area (Å²) in [6, 6.07) is 0. The lowest BCUT2D eigenvalue weighted by Gasteiger charge is -2.07. The maximum absolute atomic E-state index is 10.7. The third-order valence-corrected chi connectivity index (χ3v) is 1.15. The van der Waals surface area contributed by atoms with Gasteiger partial charge < -0.3 is 10.9 Å². The molecule has 0 saturated carbocycles. The summed E-state index contributed by atoms with van der Waals surface area (Å²) in [5, 5.41) is 10.7. The third-order valence-electron chi connectivity index (χ3n) is 1.15. The summed E-state index contributed by atoms with van der Waals surface area (Å²) < 4.78 is 0. The van der Waals surface area contributed by atoms with Crippen molar-refractivity contribution in [3.05, 3.63) is 17.5 Å². The number of hydrazine groups is 1. The summed E-state index contributed by atoms with van der Waals surface area (Å²) in [7, 11) is 0. The average molecular weight is 141 g/mol. The Hall–Kier alpha value is -1.52. The first-order valence-electron chi connectivity index (χ1n) is 2.76. The van der Waals surface area contributed by atoms with Crippen molar-refractivity contribution < 1.29 is 9.64 Å². The Balaban J connectivity index is 2.81. The predicted octanol–water partition coefficient (Wildman–Crippen LogP) is -1.16. The van der Waals surface area contributed by atoms with Crippen LogP contribution in [0.5, 0.6) is 0 Å². The molecule has 0 aliphatic carbocycles. The summed E-state index contributed by atoms with van der Waals surface area (Å²) in [5.74, 6) is -0.688. The number of carbonyl (C=O) groups is 1. The van der Waals surface area contributed by atoms with Gasteiger partial charge in [0.2, 0.25) is 0 Å². The number of hydrogen-bond acceptors (Lipinski definition) is 3. The Morgan fingerprint density at radius 1 is 1.90 bits per heavy atom. The second kappa shape index (κ2) is 2.38. The molecule has 0 aromatic heterocycles. The number of allylic oxidation sites excluding steroid dienone is 1. The van der Waals surface area contributed by atoms with Crippen molar-refractivity contribution in [3.63, 3.8) is 0 Å². The molecule has 0 saturated heterocycles. The molecular formula is C5H7N3O2. The second-order valence-electron chi connectivity index (χ2n) is 1.84. The van der Waals surface area contributed by atoms with Crippen molar-refractivity contribution in [3.8, 4) is 0 Å². The molecule has 1 heterocycles. The number of amides is 1. The summed E-state index contributed by atoms with van der Waals surface area (Å²) >= 11 is 0. The van der Waals surface area contributed by atoms with Crippen molar-refractivity contribution in [1.29, 1.82) is 0 Å². The van der Waals surface area contributed by atoms with Gasteiger partial charge in [-0.05, 0) is 0 Å². The van der Waals surface area contributed by atoms with E-state index in [9.17, 15) is 10.0 Å². The molecule has 0 atom stereocenters. The zero-order valence-electron chi connectivity index (χ0n) is 5.20. The molecule has 0 unspecified atom stereocenters. The molecule has 1 rings (SSSR count). The van der Waals surface area contributed by atoms with E-state index in [0.29, 0.717) is 11.3 Å². The first kappa shape index (κ1) is 6.60. The largest absolute Gasteiger partial charge is 0.596 e. The summed E-state index contributed by atoms with van der Waals surface area (Å²) in [4.78, 5) is 10.8. The molecule has 1 amide bonds. The first-order valence-corrected chi connectivity index (χ1v) is 2.76. The van der Waals surface area contributed by atoms with E-state index in [2.05, 4.69) is 5.43 Å². The van der Waals surface area contributed by atoms with Gasteiger partial charge in [-0.25, -0.2) is 0 Å². The Labute approximate surface area is 57.4 Å². The van der Waals surface area contributed by atoms with Gasteiger partial charge >= 0.3 is 5.91 Å². The van der Waals surface area contributed by atoms with E-state index in [1.165, 1.54) is 6.20 Å². The van der Waals surface area contributed by atoms with Crippen LogP contribution >= 0.6 is 0 Å². The SMILES string of the molecule is NC(=O)C1=[N+]([O-])NC=CC1. The lowest BCUT2D eigenvalue weighted by molar-refractivity contribution is -0.512. The van der Waals surface area contributed by atoms with Crippen LogP contribution in [0.4, 0.5) is 0 Å². The molecule has 3 N–H and O–H groups in total. The van der Waals surface area contributed by atoms with Gasteiger partial charge in [0.15, 0.2) is 0 Å². The topological polar surface area (TPSA) is 81.2 Å². The number of nitrogens with zero attached hydrogens (tertiary/aromatic N) is 1. The van der Waals surface area contributed by atoms with Crippen LogP contribution < -0.4 is 11.2 Å². The van der Waals surface area contributed by atoms with Gasteiger partial charge in [0.05, 0.1) is 12.6 Å². The lowest BCUT2D eigenvalue weighted by Crippen LogP contribution is -2.37. The van der Waals surface area contributed by atoms with Crippen LogP contribution in [0.2, 0.25) is 0 Å². The highest BCUT2D eigenvalue weighted by Crippen LogP contribution is 1.91. The maximum Gasteiger partial charge on any atom is 0.313 e. The van der Waals surface area contributed by atoms with E-state index in [0.717, 1.165) is 0 Å². The molecule has 0 fully saturated rings. The Kier molecular flexibility index (Phi) is 1.57. The number of hydrogen-bond donors (Lipinski definition) is 2. The number of hydrazone groups is 1. The highest BCUT2D eigenvalue weighted by molar-refractivity contribution is 6.36. The molecule has 10 heavy (non-hydrogen) atoms. The van der Waals surface area contributed by atoms with Gasteiger partial charge in [-0.1, -0.05) is 10.9 Å². The Morgan fingerprint density at radius 3 is 3.00 bits per heavy atom. The molecule has 0 spiro atoms. The summed E-state index contributed by atoms with van der Waals surface area (Å²) in [5.41, 5.74) is 7.17. The van der Waals surface area contributed by atoms with Crippen LogP contribution in [0.3, 0.4) is 0 Å². The number of nitrogens with one attached hydrogen (secondary N) is 1. The van der Waals surface area contributed by atoms with Crippen molar-refractivity contribution >= 4 is 11.6 Å². The number of primary amides is 1. The zero-order valence-corrected chi connectivity index (χ0v) is 5.20. The molecular weight excluding hydrogens is 134 g/mol. The molecule has 0 aromatic rings. The standard InChI is InChI=1S/C5H7N3O2/c6-5(9)4-2-1-3-7-8(4)10/h1,3,7H,2H2,(H2,6,9). The smallest absolute Gasteiger partial charge is 0.313 e. The van der Waals surface area contributed by atoms with Crippen molar-refractivity contribution in [2.24, 2.45) is 5.73 Å². The fourth-order valence-corrected chi connectivity index (χ4v) is 0.652. The maximum atomic E-state index is 10.7. The molecule has 1 aliphatic heterocycles. The predicted molar refractivity (Wildman–Crippen MR) is 34.7 cm³/mol. The van der Waals surface area contributed by atoms with Crippen molar-refractivity contribution in [1.82, 2.24) is 5.43 Å². The van der Waals surface area contributed by atoms with Crippen molar-refractivity contribution in [2.45, 2.75) is 6.42 Å². The van der Waals surface area contributed by atoms with E-state index in [-0.39, 0.29) is 5.71 Å². The molecule has 0 radical (unpaired) electrons. The van der Waals surface area contributed by atoms with Crippen LogP contribution in [0.1, 0.15) is 6.42 Å². The van der Waals surface area contributed by atoms with Crippen LogP contribution in [-0.4, -0.2) is 16.5 Å². The monoisotopic (exact) mass is 141 g/mol. The van der Waals surface area contributed by atoms with Gasteiger partial charge in [-0.2, -0.15) is 5.43 Å². The van der Waals surface area contributed by atoms with Gasteiger partial charge in [-0.15, -0.1) is 0 Å². The minimum Gasteiger partial charge on any atom is -0.596 e. The van der Waals surface area contributed by atoms with E-state index in [1.807, 2.05) is 0 Å². The van der Waals surface area contributed by atoms with Gasteiger partial charge in [0.25, 0.3) is 5.71 Å². The number of carbonyl (C=O) groups excluding carboxylic acids is 1. The van der Waals surface area contributed by atoms with Crippen molar-refractivity contribution in [2.75, 3.05) is 0 Å². The minimum atomic E-state index is -0.688. The lowest BCUT2D eigenvalue weighted by atomic mass is 10.2. The number of rotatable bonds is 1. The Morgan fingerprint density at radius 2 is 2.60 bits per heavy atom. The molecule has 5 nitrogen and oxygen atoms in total.